The summed E-state index contributed by atoms with van der Waals surface area (Å²) in [6.07, 6.45) is 0. The summed E-state index contributed by atoms with van der Waals surface area (Å²) in [5.74, 6) is -0.245. The fourth-order valence-corrected chi connectivity index (χ4v) is 3.31. The largest absolute Gasteiger partial charge is 0.544 e. The number of carbonyl (C=O) groups is 2. The Hall–Kier alpha value is -1.93. The number of hydrogen-bond acceptors (Lipinski definition) is 6. The quantitative estimate of drug-likeness (QED) is 0.626. The van der Waals surface area contributed by atoms with Crippen LogP contribution in [0.15, 0.2) is 18.2 Å². The van der Waals surface area contributed by atoms with Gasteiger partial charge in [0.25, 0.3) is 5.91 Å². The van der Waals surface area contributed by atoms with Crippen molar-refractivity contribution in [3.8, 4) is 11.5 Å². The van der Waals surface area contributed by atoms with Gasteiger partial charge in [0.2, 0.25) is 0 Å². The number of quaternary nitrogens is 1. The highest BCUT2D eigenvalue weighted by Crippen LogP contribution is 2.34. The van der Waals surface area contributed by atoms with Gasteiger partial charge in [-0.25, -0.2) is 0 Å². The molecule has 1 saturated heterocycles. The molecule has 1 aliphatic heterocycles. The lowest BCUT2D eigenvalue weighted by Crippen LogP contribution is -2.90. The first kappa shape index (κ1) is 15.5. The molecule has 0 saturated carbocycles. The highest BCUT2D eigenvalue weighted by atomic mass is 32.2. The third kappa shape index (κ3) is 3.79. The standard InChI is InChI=1S/C13H16N2O5S/c1-19-10-4-7(2-3-9(10)20-5-11(14)16)12-15-8(6-21-12)13(17)18/h2-4,8,12,15H,5-6H2,1H3,(H2,14,16)(H,17,18)/t8-,12+/m1/s1. The monoisotopic (exact) mass is 312 g/mol. The van der Waals surface area contributed by atoms with Crippen LogP contribution in [-0.2, 0) is 9.59 Å². The number of carbonyl (C=O) groups excluding carboxylic acids is 2. The predicted octanol–water partition coefficient (Wildman–Crippen LogP) is -2.01. The van der Waals surface area contributed by atoms with Crippen molar-refractivity contribution in [2.45, 2.75) is 11.4 Å². The summed E-state index contributed by atoms with van der Waals surface area (Å²) < 4.78 is 10.5. The molecule has 1 aromatic rings. The maximum atomic E-state index is 10.9. The lowest BCUT2D eigenvalue weighted by atomic mass is 10.2. The summed E-state index contributed by atoms with van der Waals surface area (Å²) >= 11 is 1.53. The molecule has 0 radical (unpaired) electrons. The second-order valence-electron chi connectivity index (χ2n) is 4.54. The zero-order valence-electron chi connectivity index (χ0n) is 11.4. The molecule has 0 bridgehead atoms. The number of aliphatic carboxylic acids is 1. The van der Waals surface area contributed by atoms with E-state index in [9.17, 15) is 14.7 Å². The molecule has 0 spiro atoms. The van der Waals surface area contributed by atoms with Crippen LogP contribution in [0, 0.1) is 0 Å². The number of carboxylic acids is 1. The fourth-order valence-electron chi connectivity index (χ4n) is 2.01. The van der Waals surface area contributed by atoms with E-state index in [-0.39, 0.29) is 12.0 Å². The van der Waals surface area contributed by atoms with Gasteiger partial charge < -0.3 is 30.4 Å². The number of nitrogens with two attached hydrogens (primary N) is 2. The highest BCUT2D eigenvalue weighted by Gasteiger charge is 2.31. The van der Waals surface area contributed by atoms with Crippen LogP contribution < -0.4 is 25.6 Å². The van der Waals surface area contributed by atoms with E-state index in [0.29, 0.717) is 17.3 Å². The normalized spacial score (nSPS) is 21.0. The molecule has 0 aromatic heterocycles. The second kappa shape index (κ2) is 6.68. The number of amides is 1. The minimum absolute atomic E-state index is 0.0352. The van der Waals surface area contributed by atoms with Crippen molar-refractivity contribution in [2.24, 2.45) is 5.73 Å². The molecule has 21 heavy (non-hydrogen) atoms. The maximum Gasteiger partial charge on any atom is 0.255 e. The number of ether oxygens (including phenoxy) is 2. The van der Waals surface area contributed by atoms with Crippen molar-refractivity contribution in [1.29, 1.82) is 0 Å². The zero-order valence-corrected chi connectivity index (χ0v) is 12.2. The molecule has 1 aromatic carbocycles. The summed E-state index contributed by atoms with van der Waals surface area (Å²) in [5, 5.41) is 12.6. The van der Waals surface area contributed by atoms with E-state index < -0.39 is 17.9 Å². The Bertz CT molecular complexity index is 551. The van der Waals surface area contributed by atoms with E-state index in [1.54, 1.807) is 17.4 Å². The van der Waals surface area contributed by atoms with Crippen LogP contribution in [0.2, 0.25) is 0 Å². The Labute approximate surface area is 125 Å². The summed E-state index contributed by atoms with van der Waals surface area (Å²) in [5.41, 5.74) is 5.94. The van der Waals surface area contributed by atoms with Crippen LogP contribution in [0.1, 0.15) is 10.9 Å². The molecule has 1 amide bonds. The van der Waals surface area contributed by atoms with Crippen molar-refractivity contribution in [2.75, 3.05) is 19.5 Å². The lowest BCUT2D eigenvalue weighted by Gasteiger charge is -2.14. The summed E-state index contributed by atoms with van der Waals surface area (Å²) in [7, 11) is 1.49. The number of hydrogen-bond donors (Lipinski definition) is 2. The van der Waals surface area contributed by atoms with Crippen LogP contribution in [0.25, 0.3) is 0 Å². The topological polar surface area (TPSA) is 118 Å². The molecule has 2 rings (SSSR count). The van der Waals surface area contributed by atoms with Gasteiger partial charge in [0.1, 0.15) is 12.0 Å². The maximum absolute atomic E-state index is 10.9. The van der Waals surface area contributed by atoms with Gasteiger partial charge in [-0.05, 0) is 18.2 Å². The predicted molar refractivity (Wildman–Crippen MR) is 73.6 cm³/mol. The van der Waals surface area contributed by atoms with Crippen molar-refractivity contribution >= 4 is 23.6 Å². The van der Waals surface area contributed by atoms with E-state index >= 15 is 0 Å². The Morgan fingerprint density at radius 1 is 1.48 bits per heavy atom. The third-order valence-electron chi connectivity index (χ3n) is 3.05. The number of thioether (sulfide) groups is 1. The number of rotatable bonds is 6. The molecule has 8 heteroatoms. The number of methoxy groups -OCH3 is 1. The van der Waals surface area contributed by atoms with Crippen LogP contribution in [0.5, 0.6) is 11.5 Å². The zero-order chi connectivity index (χ0) is 15.4. The Kier molecular flexibility index (Phi) is 4.92. The van der Waals surface area contributed by atoms with Crippen LogP contribution in [0.3, 0.4) is 0 Å². The van der Waals surface area contributed by atoms with Gasteiger partial charge in [0.15, 0.2) is 23.5 Å². The summed E-state index contributed by atoms with van der Waals surface area (Å²) in [6, 6.07) is 4.71. The Morgan fingerprint density at radius 3 is 2.81 bits per heavy atom. The molecule has 114 valence electrons. The SMILES string of the molecule is COc1cc([C@H]2[NH2+][C@@H](C(=O)[O-])CS2)ccc1OCC(N)=O. The molecular weight excluding hydrogens is 296 g/mol. The molecule has 2 atom stereocenters. The van der Waals surface area contributed by atoms with Gasteiger partial charge in [0, 0.05) is 5.56 Å². The molecular formula is C13H16N2O5S. The van der Waals surface area contributed by atoms with Crippen LogP contribution in [-0.4, -0.2) is 37.4 Å². The minimum atomic E-state index is -1.06. The average Bonchev–Trinajstić information content (AvgIpc) is 2.94. The van der Waals surface area contributed by atoms with E-state index in [4.69, 9.17) is 15.2 Å². The van der Waals surface area contributed by atoms with Crippen molar-refractivity contribution < 1.29 is 29.5 Å². The van der Waals surface area contributed by atoms with Crippen LogP contribution in [0.4, 0.5) is 0 Å². The first-order valence-corrected chi connectivity index (χ1v) is 7.32. The van der Waals surface area contributed by atoms with Gasteiger partial charge in [0.05, 0.1) is 12.9 Å². The fraction of sp³-hybridized carbons (Fsp3) is 0.385. The first-order chi connectivity index (χ1) is 10.0. The van der Waals surface area contributed by atoms with Crippen molar-refractivity contribution in [1.82, 2.24) is 0 Å². The van der Waals surface area contributed by atoms with Gasteiger partial charge >= 0.3 is 0 Å². The lowest BCUT2D eigenvalue weighted by molar-refractivity contribution is -0.690. The Morgan fingerprint density at radius 2 is 2.24 bits per heavy atom. The number of benzene rings is 1. The molecule has 1 heterocycles. The van der Waals surface area contributed by atoms with E-state index in [1.165, 1.54) is 18.9 Å². The second-order valence-corrected chi connectivity index (χ2v) is 5.71. The van der Waals surface area contributed by atoms with Gasteiger partial charge in [-0.1, -0.05) is 11.8 Å². The Balaban J connectivity index is 2.12. The number of primary amides is 1. The highest BCUT2D eigenvalue weighted by molar-refractivity contribution is 7.99. The van der Waals surface area contributed by atoms with E-state index in [0.717, 1.165) is 5.56 Å². The molecule has 7 nitrogen and oxygen atoms in total. The minimum Gasteiger partial charge on any atom is -0.544 e. The summed E-state index contributed by atoms with van der Waals surface area (Å²) in [6.45, 7) is -0.229. The third-order valence-corrected chi connectivity index (χ3v) is 4.39. The molecule has 4 N–H and O–H groups in total. The first-order valence-electron chi connectivity index (χ1n) is 6.27. The molecule has 1 aliphatic rings. The van der Waals surface area contributed by atoms with Crippen molar-refractivity contribution in [3.05, 3.63) is 23.8 Å². The van der Waals surface area contributed by atoms with Gasteiger partial charge in [-0.15, -0.1) is 0 Å². The smallest absolute Gasteiger partial charge is 0.255 e. The molecule has 0 aliphatic carbocycles. The molecule has 0 unspecified atom stereocenters. The van der Waals surface area contributed by atoms with E-state index in [2.05, 4.69) is 0 Å². The van der Waals surface area contributed by atoms with Gasteiger partial charge in [-0.3, -0.25) is 4.79 Å². The van der Waals surface area contributed by atoms with Gasteiger partial charge in [-0.2, -0.15) is 0 Å². The average molecular weight is 312 g/mol. The van der Waals surface area contributed by atoms with E-state index in [1.807, 2.05) is 6.07 Å². The van der Waals surface area contributed by atoms with Crippen molar-refractivity contribution in [3.63, 3.8) is 0 Å². The van der Waals surface area contributed by atoms with Crippen LogP contribution >= 0.6 is 11.8 Å². The number of carboxylic acid groups (broad SMARTS) is 1. The summed E-state index contributed by atoms with van der Waals surface area (Å²) in [4.78, 5) is 21.6. The molecule has 1 fully saturated rings.